The van der Waals surface area contributed by atoms with Crippen molar-refractivity contribution in [3.63, 3.8) is 0 Å². The van der Waals surface area contributed by atoms with Crippen LogP contribution in [0.4, 0.5) is 8.78 Å². The first-order valence-electron chi connectivity index (χ1n) is 4.39. The molecule has 0 unspecified atom stereocenters. The van der Waals surface area contributed by atoms with Crippen molar-refractivity contribution >= 4 is 11.5 Å². The summed E-state index contributed by atoms with van der Waals surface area (Å²) < 4.78 is 28.3. The number of hydrogen-bond acceptors (Lipinski definition) is 5. The molecule has 17 heavy (non-hydrogen) atoms. The molecule has 2 N–H and O–H groups in total. The van der Waals surface area contributed by atoms with Gasteiger partial charge in [0.1, 0.15) is 22.8 Å². The molecular weight excluding hydrogens is 238 g/mol. The van der Waals surface area contributed by atoms with Gasteiger partial charge in [-0.15, -0.1) is 0 Å². The Kier molecular flexibility index (Phi) is 3.62. The number of carbonyl (C=O) groups excluding carboxylic acids is 1. The number of rotatable bonds is 3. The number of ketones is 1. The number of allylic oxidation sites excluding steroid dienone is 1. The van der Waals surface area contributed by atoms with Gasteiger partial charge in [0.25, 0.3) is 6.43 Å². The monoisotopic (exact) mass is 246 g/mol. The minimum absolute atomic E-state index is 0.0734. The number of hydrogen-bond donors (Lipinski definition) is 2. The third kappa shape index (κ3) is 2.90. The largest absolute Gasteiger partial charge is 0.507 e. The van der Waals surface area contributed by atoms with Gasteiger partial charge >= 0.3 is 5.63 Å². The maximum absolute atomic E-state index is 11.9. The molecule has 5 nitrogen and oxygen atoms in total. The fourth-order valence-corrected chi connectivity index (χ4v) is 1.10. The van der Waals surface area contributed by atoms with Gasteiger partial charge in [-0.05, 0) is 6.92 Å². The van der Waals surface area contributed by atoms with E-state index in [1.54, 1.807) is 0 Å². The first-order chi connectivity index (χ1) is 7.82. The highest BCUT2D eigenvalue weighted by atomic mass is 19.3. The minimum Gasteiger partial charge on any atom is -0.507 e. The number of alkyl halides is 2. The summed E-state index contributed by atoms with van der Waals surface area (Å²) in [6.45, 7) is 1.37. The lowest BCUT2D eigenvalue weighted by Crippen LogP contribution is -2.11. The Morgan fingerprint density at radius 2 is 2.12 bits per heavy atom. The van der Waals surface area contributed by atoms with E-state index in [-0.39, 0.29) is 11.8 Å². The quantitative estimate of drug-likeness (QED) is 0.621. The van der Waals surface area contributed by atoms with Crippen molar-refractivity contribution in [3.05, 3.63) is 33.9 Å². The molecule has 0 atom stereocenters. The van der Waals surface area contributed by atoms with Crippen LogP contribution < -0.4 is 5.63 Å². The second kappa shape index (κ2) is 4.77. The fraction of sp³-hybridized carbons (Fsp3) is 0.200. The van der Waals surface area contributed by atoms with Crippen molar-refractivity contribution in [2.24, 2.45) is 0 Å². The highest BCUT2D eigenvalue weighted by molar-refractivity contribution is 5.97. The number of aliphatic hydroxyl groups is 1. The second-order valence-electron chi connectivity index (χ2n) is 3.14. The van der Waals surface area contributed by atoms with Crippen LogP contribution in [-0.2, 0) is 4.79 Å². The molecular formula is C10H8F2O5. The van der Waals surface area contributed by atoms with Gasteiger partial charge in [0.05, 0.1) is 0 Å². The molecule has 1 aromatic heterocycles. The van der Waals surface area contributed by atoms with Crippen molar-refractivity contribution in [2.45, 2.75) is 13.3 Å². The lowest BCUT2D eigenvalue weighted by atomic mass is 10.2. The summed E-state index contributed by atoms with van der Waals surface area (Å²) in [5.41, 5.74) is -1.86. The molecule has 1 aromatic rings. The molecule has 0 saturated heterocycles. The summed E-state index contributed by atoms with van der Waals surface area (Å²) in [6, 6.07) is 1.01. The van der Waals surface area contributed by atoms with Gasteiger partial charge in [0.2, 0.25) is 5.78 Å². The SMILES string of the molecule is Cc1cc(O)c(/C(O)=C/C(=O)C(F)F)c(=O)o1. The molecule has 92 valence electrons. The van der Waals surface area contributed by atoms with E-state index in [4.69, 9.17) is 0 Å². The summed E-state index contributed by atoms with van der Waals surface area (Å²) in [4.78, 5) is 21.8. The molecule has 0 aliphatic carbocycles. The molecule has 0 fully saturated rings. The van der Waals surface area contributed by atoms with Gasteiger partial charge in [-0.1, -0.05) is 0 Å². The molecule has 1 heterocycles. The van der Waals surface area contributed by atoms with Gasteiger partial charge in [-0.3, -0.25) is 4.79 Å². The van der Waals surface area contributed by atoms with Crippen LogP contribution in [0.25, 0.3) is 5.76 Å². The van der Waals surface area contributed by atoms with Gasteiger partial charge in [0, 0.05) is 12.1 Å². The average molecular weight is 246 g/mol. The van der Waals surface area contributed by atoms with E-state index in [2.05, 4.69) is 4.42 Å². The van der Waals surface area contributed by atoms with E-state index < -0.39 is 34.9 Å². The molecule has 0 spiro atoms. The van der Waals surface area contributed by atoms with Crippen molar-refractivity contribution in [1.29, 1.82) is 0 Å². The van der Waals surface area contributed by atoms with E-state index in [9.17, 15) is 28.6 Å². The molecule has 0 bridgehead atoms. The van der Waals surface area contributed by atoms with Crippen molar-refractivity contribution < 1.29 is 28.2 Å². The van der Waals surface area contributed by atoms with E-state index in [1.807, 2.05) is 0 Å². The summed E-state index contributed by atoms with van der Waals surface area (Å²) in [6.07, 6.45) is -3.15. The summed E-state index contributed by atoms with van der Waals surface area (Å²) in [5.74, 6) is -3.33. The van der Waals surface area contributed by atoms with E-state index in [0.717, 1.165) is 6.07 Å². The zero-order valence-corrected chi connectivity index (χ0v) is 8.61. The zero-order valence-electron chi connectivity index (χ0n) is 8.61. The molecule has 1 rings (SSSR count). The number of aromatic hydroxyl groups is 1. The lowest BCUT2D eigenvalue weighted by molar-refractivity contribution is -0.124. The topological polar surface area (TPSA) is 87.7 Å². The Hall–Kier alpha value is -2.18. The normalized spacial score (nSPS) is 11.9. The Labute approximate surface area is 93.6 Å². The smallest absolute Gasteiger partial charge is 0.350 e. The predicted molar refractivity (Wildman–Crippen MR) is 53.0 cm³/mol. The Morgan fingerprint density at radius 3 is 2.59 bits per heavy atom. The second-order valence-corrected chi connectivity index (χ2v) is 3.14. The van der Waals surface area contributed by atoms with Crippen molar-refractivity contribution in [1.82, 2.24) is 0 Å². The molecule has 0 aliphatic heterocycles. The molecule has 0 radical (unpaired) electrons. The first kappa shape index (κ1) is 12.9. The third-order valence-electron chi connectivity index (χ3n) is 1.80. The highest BCUT2D eigenvalue weighted by Gasteiger charge is 2.18. The molecule has 7 heteroatoms. The zero-order chi connectivity index (χ0) is 13.2. The summed E-state index contributed by atoms with van der Waals surface area (Å²) in [7, 11) is 0. The van der Waals surface area contributed by atoms with Gasteiger partial charge in [-0.2, -0.15) is 0 Å². The first-order valence-corrected chi connectivity index (χ1v) is 4.39. The van der Waals surface area contributed by atoms with Crippen LogP contribution in [0.5, 0.6) is 5.75 Å². The van der Waals surface area contributed by atoms with E-state index >= 15 is 0 Å². The number of aryl methyl sites for hydroxylation is 1. The van der Waals surface area contributed by atoms with Crippen LogP contribution >= 0.6 is 0 Å². The number of halogens is 2. The minimum atomic E-state index is -3.31. The Balaban J connectivity index is 3.26. The highest BCUT2D eigenvalue weighted by Crippen LogP contribution is 2.20. The maximum Gasteiger partial charge on any atom is 0.350 e. The van der Waals surface area contributed by atoms with Crippen LogP contribution in [0, 0.1) is 6.92 Å². The van der Waals surface area contributed by atoms with Crippen LogP contribution in [0.2, 0.25) is 0 Å². The molecule has 0 aliphatic rings. The Bertz CT molecular complexity index is 530. The number of carbonyl (C=O) groups is 1. The van der Waals surface area contributed by atoms with Crippen LogP contribution in [0.3, 0.4) is 0 Å². The van der Waals surface area contributed by atoms with Crippen LogP contribution in [0.1, 0.15) is 11.3 Å². The van der Waals surface area contributed by atoms with Crippen molar-refractivity contribution in [3.8, 4) is 5.75 Å². The summed E-state index contributed by atoms with van der Waals surface area (Å²) in [5, 5.41) is 18.6. The van der Waals surface area contributed by atoms with Crippen molar-refractivity contribution in [2.75, 3.05) is 0 Å². The molecule has 0 amide bonds. The molecule has 0 saturated carbocycles. The third-order valence-corrected chi connectivity index (χ3v) is 1.80. The van der Waals surface area contributed by atoms with Crippen LogP contribution in [-0.4, -0.2) is 22.4 Å². The van der Waals surface area contributed by atoms with E-state index in [1.165, 1.54) is 6.92 Å². The summed E-state index contributed by atoms with van der Waals surface area (Å²) >= 11 is 0. The fourth-order valence-electron chi connectivity index (χ4n) is 1.10. The predicted octanol–water partition coefficient (Wildman–Crippen LogP) is 1.39. The van der Waals surface area contributed by atoms with Gasteiger partial charge in [-0.25, -0.2) is 13.6 Å². The van der Waals surface area contributed by atoms with Gasteiger partial charge in [0.15, 0.2) is 0 Å². The number of aliphatic hydroxyl groups excluding tert-OH is 1. The Morgan fingerprint density at radius 1 is 1.53 bits per heavy atom. The maximum atomic E-state index is 11.9. The lowest BCUT2D eigenvalue weighted by Gasteiger charge is -2.02. The standard InChI is InChI=1S/C10H8F2O5/c1-4-2-5(13)8(10(16)17-4)6(14)3-7(15)9(11)12/h2-3,9,13-14H,1H3/b6-3-. The van der Waals surface area contributed by atoms with E-state index in [0.29, 0.717) is 0 Å². The molecule has 0 aromatic carbocycles. The van der Waals surface area contributed by atoms with Gasteiger partial charge < -0.3 is 14.6 Å². The average Bonchev–Trinajstić information content (AvgIpc) is 2.15. The van der Waals surface area contributed by atoms with Crippen LogP contribution in [0.15, 0.2) is 21.4 Å².